The van der Waals surface area contributed by atoms with Gasteiger partial charge in [0, 0.05) is 6.54 Å². The molecule has 1 saturated carbocycles. The smallest absolute Gasteiger partial charge is 0.411 e. The van der Waals surface area contributed by atoms with Crippen LogP contribution in [0, 0.1) is 11.8 Å². The SMILES string of the molecule is CC(C)(C)OC(=O)N1C[C@@H]2CC[C@@H]2[C@H]1C(=O)O. The summed E-state index contributed by atoms with van der Waals surface area (Å²) in [5.41, 5.74) is -0.582. The molecule has 1 aliphatic carbocycles. The molecule has 0 unspecified atom stereocenters. The van der Waals surface area contributed by atoms with Gasteiger partial charge in [-0.1, -0.05) is 0 Å². The molecule has 1 aliphatic heterocycles. The van der Waals surface area contributed by atoms with Crippen molar-refractivity contribution in [1.82, 2.24) is 4.90 Å². The molecule has 0 aromatic heterocycles. The summed E-state index contributed by atoms with van der Waals surface area (Å²) in [4.78, 5) is 24.5. The van der Waals surface area contributed by atoms with E-state index in [1.807, 2.05) is 0 Å². The summed E-state index contributed by atoms with van der Waals surface area (Å²) in [6, 6.07) is -0.691. The Hall–Kier alpha value is -1.26. The Kier molecular flexibility index (Phi) is 2.79. The van der Waals surface area contributed by atoms with E-state index in [0.29, 0.717) is 12.5 Å². The van der Waals surface area contributed by atoms with Crippen molar-refractivity contribution in [2.24, 2.45) is 11.8 Å². The van der Waals surface area contributed by atoms with Crippen molar-refractivity contribution in [3.05, 3.63) is 0 Å². The van der Waals surface area contributed by atoms with Crippen LogP contribution in [0.2, 0.25) is 0 Å². The van der Waals surface area contributed by atoms with Crippen molar-refractivity contribution >= 4 is 12.1 Å². The lowest BCUT2D eigenvalue weighted by Crippen LogP contribution is -2.45. The fourth-order valence-corrected chi connectivity index (χ4v) is 2.66. The van der Waals surface area contributed by atoms with Gasteiger partial charge in [0.2, 0.25) is 0 Å². The molecule has 2 rings (SSSR count). The third kappa shape index (κ3) is 2.23. The van der Waals surface area contributed by atoms with Gasteiger partial charge in [-0.15, -0.1) is 0 Å². The van der Waals surface area contributed by atoms with Crippen molar-refractivity contribution in [3.63, 3.8) is 0 Å². The van der Waals surface area contributed by atoms with Crippen LogP contribution in [0.1, 0.15) is 33.6 Å². The third-order valence-electron chi connectivity index (χ3n) is 3.53. The molecule has 2 aliphatic rings. The minimum Gasteiger partial charge on any atom is -0.480 e. The first kappa shape index (κ1) is 12.2. The molecule has 0 radical (unpaired) electrons. The second kappa shape index (κ2) is 3.89. The van der Waals surface area contributed by atoms with Crippen molar-refractivity contribution in [3.8, 4) is 0 Å². The molecular formula is C12H19NO4. The fraction of sp³-hybridized carbons (Fsp3) is 0.833. The highest BCUT2D eigenvalue weighted by Gasteiger charge is 2.52. The summed E-state index contributed by atoms with van der Waals surface area (Å²) < 4.78 is 5.25. The second-order valence-corrected chi connectivity index (χ2v) is 5.92. The molecule has 1 saturated heterocycles. The summed E-state index contributed by atoms with van der Waals surface area (Å²) in [5, 5.41) is 9.20. The number of hydrogen-bond acceptors (Lipinski definition) is 3. The van der Waals surface area contributed by atoms with Crippen molar-refractivity contribution in [1.29, 1.82) is 0 Å². The highest BCUT2D eigenvalue weighted by Crippen LogP contribution is 2.45. The molecule has 17 heavy (non-hydrogen) atoms. The Morgan fingerprint density at radius 2 is 1.94 bits per heavy atom. The van der Waals surface area contributed by atoms with E-state index in [4.69, 9.17) is 4.74 Å². The van der Waals surface area contributed by atoms with Crippen LogP contribution in [0.25, 0.3) is 0 Å². The van der Waals surface area contributed by atoms with E-state index < -0.39 is 23.7 Å². The van der Waals surface area contributed by atoms with Gasteiger partial charge in [0.25, 0.3) is 0 Å². The lowest BCUT2D eigenvalue weighted by atomic mass is 9.73. The molecule has 96 valence electrons. The number of amides is 1. The normalized spacial score (nSPS) is 31.7. The number of likely N-dealkylation sites (tertiary alicyclic amines) is 1. The third-order valence-corrected chi connectivity index (χ3v) is 3.53. The first-order chi connectivity index (χ1) is 7.79. The molecule has 1 heterocycles. The number of aliphatic carboxylic acids is 1. The van der Waals surface area contributed by atoms with E-state index in [0.717, 1.165) is 12.8 Å². The second-order valence-electron chi connectivity index (χ2n) is 5.92. The number of fused-ring (bicyclic) bond motifs is 1. The molecule has 0 aromatic rings. The van der Waals surface area contributed by atoms with E-state index in [9.17, 15) is 14.7 Å². The van der Waals surface area contributed by atoms with Gasteiger partial charge >= 0.3 is 12.1 Å². The summed E-state index contributed by atoms with van der Waals surface area (Å²) >= 11 is 0. The van der Waals surface area contributed by atoms with Crippen LogP contribution in [-0.4, -0.2) is 40.3 Å². The van der Waals surface area contributed by atoms with Gasteiger partial charge in [-0.2, -0.15) is 0 Å². The zero-order chi connectivity index (χ0) is 12.8. The van der Waals surface area contributed by atoms with E-state index >= 15 is 0 Å². The van der Waals surface area contributed by atoms with Crippen LogP contribution in [0.4, 0.5) is 4.79 Å². The number of carbonyl (C=O) groups excluding carboxylic acids is 1. The van der Waals surface area contributed by atoms with Gasteiger partial charge in [0.15, 0.2) is 0 Å². The van der Waals surface area contributed by atoms with Gasteiger partial charge in [-0.05, 0) is 45.4 Å². The van der Waals surface area contributed by atoms with Gasteiger partial charge in [-0.3, -0.25) is 4.90 Å². The van der Waals surface area contributed by atoms with Crippen molar-refractivity contribution in [2.45, 2.75) is 45.3 Å². The zero-order valence-electron chi connectivity index (χ0n) is 10.5. The molecule has 5 heteroatoms. The number of carboxylic acids is 1. The summed E-state index contributed by atoms with van der Waals surface area (Å²) in [6.45, 7) is 5.87. The number of ether oxygens (including phenoxy) is 1. The molecule has 2 fully saturated rings. The van der Waals surface area contributed by atoms with Crippen LogP contribution >= 0.6 is 0 Å². The van der Waals surface area contributed by atoms with Crippen LogP contribution < -0.4 is 0 Å². The van der Waals surface area contributed by atoms with E-state index in [2.05, 4.69) is 0 Å². The summed E-state index contributed by atoms with van der Waals surface area (Å²) in [7, 11) is 0. The number of hydrogen-bond donors (Lipinski definition) is 1. The van der Waals surface area contributed by atoms with Crippen molar-refractivity contribution < 1.29 is 19.4 Å². The monoisotopic (exact) mass is 241 g/mol. The predicted molar refractivity (Wildman–Crippen MR) is 60.6 cm³/mol. The lowest BCUT2D eigenvalue weighted by molar-refractivity contribution is -0.144. The average molecular weight is 241 g/mol. The minimum atomic E-state index is -0.914. The Bertz CT molecular complexity index is 347. The van der Waals surface area contributed by atoms with E-state index in [1.54, 1.807) is 20.8 Å². The predicted octanol–water partition coefficient (Wildman–Crippen LogP) is 1.72. The molecular weight excluding hydrogens is 222 g/mol. The lowest BCUT2D eigenvalue weighted by Gasteiger charge is -2.31. The highest BCUT2D eigenvalue weighted by molar-refractivity contribution is 5.81. The Morgan fingerprint density at radius 3 is 2.35 bits per heavy atom. The van der Waals surface area contributed by atoms with Crippen LogP contribution in [-0.2, 0) is 9.53 Å². The van der Waals surface area contributed by atoms with Gasteiger partial charge in [-0.25, -0.2) is 9.59 Å². The van der Waals surface area contributed by atoms with E-state index in [-0.39, 0.29) is 5.92 Å². The van der Waals surface area contributed by atoms with E-state index in [1.165, 1.54) is 4.90 Å². The average Bonchev–Trinajstić information content (AvgIpc) is 2.35. The molecule has 1 N–H and O–H groups in total. The molecule has 5 nitrogen and oxygen atoms in total. The molecule has 0 spiro atoms. The molecule has 1 amide bonds. The fourth-order valence-electron chi connectivity index (χ4n) is 2.66. The number of rotatable bonds is 1. The van der Waals surface area contributed by atoms with Crippen LogP contribution in [0.5, 0.6) is 0 Å². The molecule has 0 aromatic carbocycles. The van der Waals surface area contributed by atoms with Crippen LogP contribution in [0.3, 0.4) is 0 Å². The Labute approximate surface area is 101 Å². The maximum atomic E-state index is 11.9. The summed E-state index contributed by atoms with van der Waals surface area (Å²) in [6.07, 6.45) is 1.42. The molecule has 3 atom stereocenters. The topological polar surface area (TPSA) is 66.8 Å². The number of carbonyl (C=O) groups is 2. The standard InChI is InChI=1S/C12H19NO4/c1-12(2,3)17-11(16)13-6-7-4-5-8(7)9(13)10(14)15/h7-9H,4-6H2,1-3H3,(H,14,15)/t7-,8-,9-/m0/s1. The number of carboxylic acid groups (broad SMARTS) is 1. The maximum Gasteiger partial charge on any atom is 0.411 e. The largest absolute Gasteiger partial charge is 0.480 e. The number of nitrogens with zero attached hydrogens (tertiary/aromatic N) is 1. The quantitative estimate of drug-likeness (QED) is 0.759. The van der Waals surface area contributed by atoms with Crippen LogP contribution in [0.15, 0.2) is 0 Å². The first-order valence-corrected chi connectivity index (χ1v) is 6.02. The Morgan fingerprint density at radius 1 is 1.29 bits per heavy atom. The Balaban J connectivity index is 2.09. The zero-order valence-corrected chi connectivity index (χ0v) is 10.5. The highest BCUT2D eigenvalue weighted by atomic mass is 16.6. The minimum absolute atomic E-state index is 0.125. The van der Waals surface area contributed by atoms with Gasteiger partial charge in [0.1, 0.15) is 11.6 Å². The summed E-state index contributed by atoms with van der Waals surface area (Å²) in [5.74, 6) is -0.438. The first-order valence-electron chi connectivity index (χ1n) is 6.02. The van der Waals surface area contributed by atoms with Gasteiger partial charge < -0.3 is 9.84 Å². The maximum absolute atomic E-state index is 11.9. The molecule has 0 bridgehead atoms. The van der Waals surface area contributed by atoms with Gasteiger partial charge in [0.05, 0.1) is 0 Å². The van der Waals surface area contributed by atoms with Crippen molar-refractivity contribution in [2.75, 3.05) is 6.54 Å².